The number of carbonyl (C=O) groups is 2. The summed E-state index contributed by atoms with van der Waals surface area (Å²) in [6.07, 6.45) is 2.02. The van der Waals surface area contributed by atoms with E-state index in [1.54, 1.807) is 42.9 Å². The molecule has 0 unspecified atom stereocenters. The molecule has 10 heteroatoms. The summed E-state index contributed by atoms with van der Waals surface area (Å²) in [7, 11) is 0. The number of nitrogens with zero attached hydrogens (tertiary/aromatic N) is 3. The summed E-state index contributed by atoms with van der Waals surface area (Å²) >= 11 is 1.21. The van der Waals surface area contributed by atoms with Crippen molar-refractivity contribution < 1.29 is 18.4 Å². The predicted molar refractivity (Wildman–Crippen MR) is 110 cm³/mol. The van der Waals surface area contributed by atoms with Gasteiger partial charge in [-0.1, -0.05) is 17.8 Å². The van der Waals surface area contributed by atoms with Crippen LogP contribution in [-0.2, 0) is 22.6 Å². The molecular formula is C20H22FN5O3S. The van der Waals surface area contributed by atoms with Gasteiger partial charge in [0.05, 0.1) is 18.1 Å². The maximum Gasteiger partial charge on any atom is 0.237 e. The summed E-state index contributed by atoms with van der Waals surface area (Å²) in [6.45, 7) is 3.73. The number of benzene rings is 1. The van der Waals surface area contributed by atoms with Crippen LogP contribution >= 0.6 is 11.8 Å². The quantitative estimate of drug-likeness (QED) is 0.503. The van der Waals surface area contributed by atoms with Gasteiger partial charge in [-0.05, 0) is 43.7 Å². The topological polar surface area (TPSA) is 116 Å². The van der Waals surface area contributed by atoms with Crippen molar-refractivity contribution in [3.63, 3.8) is 0 Å². The van der Waals surface area contributed by atoms with E-state index in [0.29, 0.717) is 41.0 Å². The number of thioether (sulfide) groups is 1. The normalized spacial score (nSPS) is 12.0. The van der Waals surface area contributed by atoms with Crippen molar-refractivity contribution in [3.8, 4) is 0 Å². The van der Waals surface area contributed by atoms with E-state index in [1.807, 2.05) is 6.07 Å². The van der Waals surface area contributed by atoms with Crippen LogP contribution in [0.3, 0.4) is 0 Å². The molecule has 3 aromatic rings. The Labute approximate surface area is 177 Å². The summed E-state index contributed by atoms with van der Waals surface area (Å²) in [5.41, 5.74) is 6.14. The molecule has 0 aliphatic heterocycles. The number of anilines is 1. The molecule has 1 atom stereocenters. The van der Waals surface area contributed by atoms with Gasteiger partial charge in [-0.15, -0.1) is 10.2 Å². The second-order valence-electron chi connectivity index (χ2n) is 6.74. The number of nitrogens with two attached hydrogens (primary N) is 1. The average Bonchev–Trinajstić information content (AvgIpc) is 3.34. The molecule has 30 heavy (non-hydrogen) atoms. The van der Waals surface area contributed by atoms with Gasteiger partial charge >= 0.3 is 0 Å². The van der Waals surface area contributed by atoms with Crippen LogP contribution in [0.2, 0.25) is 0 Å². The van der Waals surface area contributed by atoms with Gasteiger partial charge < -0.3 is 15.5 Å². The van der Waals surface area contributed by atoms with Gasteiger partial charge in [0, 0.05) is 18.5 Å². The Morgan fingerprint density at radius 2 is 2.13 bits per heavy atom. The summed E-state index contributed by atoms with van der Waals surface area (Å²) in [4.78, 5) is 23.7. The maximum absolute atomic E-state index is 13.7. The fourth-order valence-corrected chi connectivity index (χ4v) is 3.54. The first-order chi connectivity index (χ1) is 14.3. The third-order valence-corrected chi connectivity index (χ3v) is 5.45. The van der Waals surface area contributed by atoms with Crippen molar-refractivity contribution in [2.45, 2.75) is 43.6 Å². The molecule has 1 aromatic carbocycles. The Balaban J connectivity index is 1.74. The largest absolute Gasteiger partial charge is 0.467 e. The predicted octanol–water partition coefficient (Wildman–Crippen LogP) is 2.90. The highest BCUT2D eigenvalue weighted by molar-refractivity contribution is 8.00. The number of primary amides is 1. The Bertz CT molecular complexity index is 1040. The smallest absolute Gasteiger partial charge is 0.237 e. The van der Waals surface area contributed by atoms with Crippen LogP contribution in [-0.4, -0.2) is 31.8 Å². The Morgan fingerprint density at radius 3 is 2.80 bits per heavy atom. The number of hydrogen-bond acceptors (Lipinski definition) is 6. The number of nitrogens with one attached hydrogen (secondary N) is 1. The molecule has 0 spiro atoms. The molecule has 3 rings (SSSR count). The number of rotatable bonds is 9. The van der Waals surface area contributed by atoms with E-state index >= 15 is 0 Å². The zero-order chi connectivity index (χ0) is 21.7. The summed E-state index contributed by atoms with van der Waals surface area (Å²) in [5, 5.41) is 11.0. The minimum absolute atomic E-state index is 0.135. The lowest BCUT2D eigenvalue weighted by Crippen LogP contribution is -2.23. The summed E-state index contributed by atoms with van der Waals surface area (Å²) in [5.74, 6) is 0.139. The Kier molecular flexibility index (Phi) is 6.88. The van der Waals surface area contributed by atoms with Gasteiger partial charge in [0.15, 0.2) is 5.16 Å². The number of amides is 2. The Morgan fingerprint density at radius 1 is 1.33 bits per heavy atom. The van der Waals surface area contributed by atoms with E-state index in [2.05, 4.69) is 15.5 Å². The molecule has 0 radical (unpaired) electrons. The first-order valence-electron chi connectivity index (χ1n) is 9.30. The van der Waals surface area contributed by atoms with Crippen molar-refractivity contribution in [3.05, 3.63) is 59.6 Å². The summed E-state index contributed by atoms with van der Waals surface area (Å²) in [6, 6.07) is 8.12. The number of carbonyl (C=O) groups excluding carboxylic acids is 2. The van der Waals surface area contributed by atoms with Crippen molar-refractivity contribution in [1.82, 2.24) is 14.8 Å². The lowest BCUT2D eigenvalue weighted by molar-refractivity contribution is -0.118. The average molecular weight is 431 g/mol. The van der Waals surface area contributed by atoms with Crippen LogP contribution in [0.1, 0.15) is 30.5 Å². The van der Waals surface area contributed by atoms with Crippen molar-refractivity contribution in [2.24, 2.45) is 5.73 Å². The molecular weight excluding hydrogens is 409 g/mol. The molecule has 2 heterocycles. The fourth-order valence-electron chi connectivity index (χ4n) is 2.67. The monoisotopic (exact) mass is 431 g/mol. The van der Waals surface area contributed by atoms with Gasteiger partial charge in [0.2, 0.25) is 11.8 Å². The highest BCUT2D eigenvalue weighted by Gasteiger charge is 2.21. The maximum atomic E-state index is 13.7. The van der Waals surface area contributed by atoms with Gasteiger partial charge in [-0.25, -0.2) is 4.39 Å². The molecule has 3 N–H and O–H groups in total. The van der Waals surface area contributed by atoms with E-state index < -0.39 is 11.2 Å². The van der Waals surface area contributed by atoms with Gasteiger partial charge in [-0.3, -0.25) is 14.2 Å². The third kappa shape index (κ3) is 5.47. The first-order valence-corrected chi connectivity index (χ1v) is 10.2. The number of hydrogen-bond donors (Lipinski definition) is 2. The minimum Gasteiger partial charge on any atom is -0.467 e. The highest BCUT2D eigenvalue weighted by Crippen LogP contribution is 2.25. The number of aryl methyl sites for hydroxylation is 2. The lowest BCUT2D eigenvalue weighted by atomic mass is 10.2. The Hall–Kier alpha value is -3.14. The molecule has 8 nitrogen and oxygen atoms in total. The van der Waals surface area contributed by atoms with Crippen LogP contribution < -0.4 is 11.1 Å². The van der Waals surface area contributed by atoms with Crippen LogP contribution in [0.5, 0.6) is 0 Å². The lowest BCUT2D eigenvalue weighted by Gasteiger charge is -2.13. The molecule has 0 bridgehead atoms. The van der Waals surface area contributed by atoms with Gasteiger partial charge in [0.25, 0.3) is 0 Å². The third-order valence-electron chi connectivity index (χ3n) is 4.37. The number of aromatic nitrogens is 3. The SMILES string of the molecule is Cc1ccc(NC(=O)[C@@H](C)Sc2nnc(CCC(N)=O)n2Cc2ccco2)cc1F. The van der Waals surface area contributed by atoms with E-state index in [1.165, 1.54) is 17.8 Å². The molecule has 0 saturated carbocycles. The van der Waals surface area contributed by atoms with Crippen molar-refractivity contribution >= 4 is 29.3 Å². The fraction of sp³-hybridized carbons (Fsp3) is 0.300. The van der Waals surface area contributed by atoms with Gasteiger partial charge in [0.1, 0.15) is 17.4 Å². The van der Waals surface area contributed by atoms with E-state index in [-0.39, 0.29) is 18.1 Å². The molecule has 0 fully saturated rings. The van der Waals surface area contributed by atoms with Crippen molar-refractivity contribution in [1.29, 1.82) is 0 Å². The molecule has 158 valence electrons. The highest BCUT2D eigenvalue weighted by atomic mass is 32.2. The van der Waals surface area contributed by atoms with Crippen LogP contribution in [0.25, 0.3) is 0 Å². The van der Waals surface area contributed by atoms with Gasteiger partial charge in [-0.2, -0.15) is 0 Å². The zero-order valence-electron chi connectivity index (χ0n) is 16.6. The first kappa shape index (κ1) is 21.6. The summed E-state index contributed by atoms with van der Waals surface area (Å²) < 4.78 is 20.9. The van der Waals surface area contributed by atoms with Crippen LogP contribution in [0, 0.1) is 12.7 Å². The van der Waals surface area contributed by atoms with Crippen LogP contribution in [0.4, 0.5) is 10.1 Å². The molecule has 0 saturated heterocycles. The molecule has 2 amide bonds. The zero-order valence-corrected chi connectivity index (χ0v) is 17.4. The molecule has 0 aliphatic rings. The van der Waals surface area contributed by atoms with E-state index in [4.69, 9.17) is 10.2 Å². The van der Waals surface area contributed by atoms with E-state index in [9.17, 15) is 14.0 Å². The van der Waals surface area contributed by atoms with Crippen molar-refractivity contribution in [2.75, 3.05) is 5.32 Å². The number of furan rings is 1. The molecule has 2 aromatic heterocycles. The number of halogens is 1. The second-order valence-corrected chi connectivity index (χ2v) is 8.05. The second kappa shape index (κ2) is 9.57. The minimum atomic E-state index is -0.530. The van der Waals surface area contributed by atoms with Crippen LogP contribution in [0.15, 0.2) is 46.2 Å². The molecule has 0 aliphatic carbocycles. The van der Waals surface area contributed by atoms with E-state index in [0.717, 1.165) is 0 Å². The standard InChI is InChI=1S/C20H22FN5O3S/c1-12-5-6-14(10-16(12)21)23-19(28)13(2)30-20-25-24-18(8-7-17(22)27)26(20)11-15-4-3-9-29-15/h3-6,9-10,13H,7-8,11H2,1-2H3,(H2,22,27)(H,23,28)/t13-/m1/s1.